The van der Waals surface area contributed by atoms with Crippen LogP contribution < -0.4 is 0 Å². The van der Waals surface area contributed by atoms with E-state index >= 15 is 0 Å². The maximum Gasteiger partial charge on any atom is 0.253 e. The van der Waals surface area contributed by atoms with E-state index in [9.17, 15) is 14.4 Å². The van der Waals surface area contributed by atoms with Gasteiger partial charge in [-0.05, 0) is 37.1 Å². The van der Waals surface area contributed by atoms with Crippen LogP contribution in [0.5, 0.6) is 0 Å². The number of carbonyl (C=O) groups excluding carboxylic acids is 3. The van der Waals surface area contributed by atoms with Gasteiger partial charge in [-0.15, -0.1) is 0 Å². The van der Waals surface area contributed by atoms with Crippen LogP contribution in [0.1, 0.15) is 30.1 Å². The molecule has 2 aliphatic rings. The minimum atomic E-state index is -0.337. The van der Waals surface area contributed by atoms with E-state index in [2.05, 4.69) is 0 Å². The molecule has 1 unspecified atom stereocenters. The fourth-order valence-corrected chi connectivity index (χ4v) is 3.64. The van der Waals surface area contributed by atoms with Crippen molar-refractivity contribution in [2.24, 2.45) is 0 Å². The Morgan fingerprint density at radius 2 is 1.56 bits per heavy atom. The summed E-state index contributed by atoms with van der Waals surface area (Å²) in [7, 11) is 0. The molecule has 2 fully saturated rings. The van der Waals surface area contributed by atoms with Gasteiger partial charge in [-0.25, -0.2) is 0 Å². The first kappa shape index (κ1) is 17.7. The molecular formula is C18H22ClN3O3. The Labute approximate surface area is 152 Å². The summed E-state index contributed by atoms with van der Waals surface area (Å²) in [5.41, 5.74) is 0.600. The Morgan fingerprint density at radius 1 is 0.960 bits per heavy atom. The van der Waals surface area contributed by atoms with Crippen molar-refractivity contribution in [2.45, 2.75) is 25.8 Å². The summed E-state index contributed by atoms with van der Waals surface area (Å²) in [4.78, 5) is 42.1. The first-order chi connectivity index (χ1) is 12.0. The summed E-state index contributed by atoms with van der Waals surface area (Å²) in [5, 5.41) is 0.596. The highest BCUT2D eigenvalue weighted by molar-refractivity contribution is 6.30. The third-order valence-electron chi connectivity index (χ3n) is 4.91. The lowest BCUT2D eigenvalue weighted by molar-refractivity contribution is -0.143. The molecule has 0 aromatic heterocycles. The fourth-order valence-electron chi connectivity index (χ4n) is 3.52. The zero-order chi connectivity index (χ0) is 18.0. The number of carbonyl (C=O) groups is 3. The molecule has 0 N–H and O–H groups in total. The third kappa shape index (κ3) is 3.79. The van der Waals surface area contributed by atoms with Crippen LogP contribution in [-0.2, 0) is 9.59 Å². The number of rotatable bonds is 2. The van der Waals surface area contributed by atoms with Crippen LogP contribution in [0.25, 0.3) is 0 Å². The number of nitrogens with zero attached hydrogens (tertiary/aromatic N) is 3. The number of halogens is 1. The molecule has 134 valence electrons. The molecule has 0 radical (unpaired) electrons. The van der Waals surface area contributed by atoms with E-state index in [-0.39, 0.29) is 23.8 Å². The molecule has 3 rings (SSSR count). The molecule has 1 atom stereocenters. The lowest BCUT2D eigenvalue weighted by Crippen LogP contribution is -2.55. The SMILES string of the molecule is CC(=O)N1CCCC1C(=O)N1CCN(C(=O)c2ccc(Cl)cc2)CC1. The van der Waals surface area contributed by atoms with Gasteiger partial charge in [0.05, 0.1) is 0 Å². The summed E-state index contributed by atoms with van der Waals surface area (Å²) < 4.78 is 0. The molecule has 2 heterocycles. The second-order valence-electron chi connectivity index (χ2n) is 6.49. The molecule has 0 saturated carbocycles. The van der Waals surface area contributed by atoms with E-state index in [1.807, 2.05) is 0 Å². The summed E-state index contributed by atoms with van der Waals surface area (Å²) in [6.45, 7) is 4.16. The lowest BCUT2D eigenvalue weighted by Gasteiger charge is -2.37. The highest BCUT2D eigenvalue weighted by Crippen LogP contribution is 2.20. The van der Waals surface area contributed by atoms with Gasteiger partial charge >= 0.3 is 0 Å². The molecule has 6 nitrogen and oxygen atoms in total. The van der Waals surface area contributed by atoms with Crippen molar-refractivity contribution in [1.29, 1.82) is 0 Å². The zero-order valence-corrected chi connectivity index (χ0v) is 15.0. The molecular weight excluding hydrogens is 342 g/mol. The molecule has 2 saturated heterocycles. The molecule has 1 aromatic rings. The second kappa shape index (κ2) is 7.44. The summed E-state index contributed by atoms with van der Waals surface area (Å²) >= 11 is 5.86. The quantitative estimate of drug-likeness (QED) is 0.802. The Kier molecular flexibility index (Phi) is 5.27. The average molecular weight is 364 g/mol. The van der Waals surface area contributed by atoms with E-state index in [1.165, 1.54) is 6.92 Å². The minimum Gasteiger partial charge on any atom is -0.337 e. The molecule has 0 spiro atoms. The number of amides is 3. The first-order valence-electron chi connectivity index (χ1n) is 8.58. The maximum atomic E-state index is 12.7. The van der Waals surface area contributed by atoms with Crippen molar-refractivity contribution in [3.8, 4) is 0 Å². The molecule has 3 amide bonds. The summed E-state index contributed by atoms with van der Waals surface area (Å²) in [6.07, 6.45) is 1.59. The van der Waals surface area contributed by atoms with Crippen molar-refractivity contribution in [2.75, 3.05) is 32.7 Å². The van der Waals surface area contributed by atoms with Crippen LogP contribution in [0.2, 0.25) is 5.02 Å². The predicted molar refractivity (Wildman–Crippen MR) is 94.3 cm³/mol. The van der Waals surface area contributed by atoms with Gasteiger partial charge < -0.3 is 14.7 Å². The molecule has 0 aliphatic carbocycles. The van der Waals surface area contributed by atoms with E-state index in [1.54, 1.807) is 39.0 Å². The maximum absolute atomic E-state index is 12.7. The normalized spacial score (nSPS) is 20.7. The molecule has 25 heavy (non-hydrogen) atoms. The zero-order valence-electron chi connectivity index (χ0n) is 14.3. The summed E-state index contributed by atoms with van der Waals surface area (Å²) in [6, 6.07) is 6.49. The number of likely N-dealkylation sites (tertiary alicyclic amines) is 1. The Balaban J connectivity index is 1.58. The molecule has 0 bridgehead atoms. The number of piperazine rings is 1. The minimum absolute atomic E-state index is 0.00583. The first-order valence-corrected chi connectivity index (χ1v) is 8.96. The van der Waals surface area contributed by atoms with Crippen LogP contribution in [0.15, 0.2) is 24.3 Å². The van der Waals surface area contributed by atoms with Crippen molar-refractivity contribution >= 4 is 29.3 Å². The van der Waals surface area contributed by atoms with Gasteiger partial charge in [0.15, 0.2) is 0 Å². The van der Waals surface area contributed by atoms with Crippen LogP contribution in [0.4, 0.5) is 0 Å². The van der Waals surface area contributed by atoms with Crippen molar-refractivity contribution in [3.63, 3.8) is 0 Å². The largest absolute Gasteiger partial charge is 0.337 e. The summed E-state index contributed by atoms with van der Waals surface area (Å²) in [5.74, 6) is -0.0892. The van der Waals surface area contributed by atoms with Gasteiger partial charge in [0, 0.05) is 50.2 Å². The van der Waals surface area contributed by atoms with E-state index in [0.29, 0.717) is 43.3 Å². The van der Waals surface area contributed by atoms with Gasteiger partial charge in [0.1, 0.15) is 6.04 Å². The van der Waals surface area contributed by atoms with Crippen LogP contribution in [0, 0.1) is 0 Å². The standard InChI is InChI=1S/C18H22ClN3O3/c1-13(23)22-8-2-3-16(22)18(25)21-11-9-20(10-12-21)17(24)14-4-6-15(19)7-5-14/h4-7,16H,2-3,8-12H2,1H3. The topological polar surface area (TPSA) is 60.9 Å². The molecule has 7 heteroatoms. The van der Waals surface area contributed by atoms with Gasteiger partial charge in [-0.2, -0.15) is 0 Å². The Bertz CT molecular complexity index is 669. The fraction of sp³-hybridized carbons (Fsp3) is 0.500. The third-order valence-corrected chi connectivity index (χ3v) is 5.16. The van der Waals surface area contributed by atoms with Crippen LogP contribution in [0.3, 0.4) is 0 Å². The van der Waals surface area contributed by atoms with E-state index < -0.39 is 0 Å². The lowest BCUT2D eigenvalue weighted by atomic mass is 10.1. The molecule has 2 aliphatic heterocycles. The highest BCUT2D eigenvalue weighted by atomic mass is 35.5. The van der Waals surface area contributed by atoms with Gasteiger partial charge in [0.2, 0.25) is 11.8 Å². The highest BCUT2D eigenvalue weighted by Gasteiger charge is 2.36. The van der Waals surface area contributed by atoms with Crippen molar-refractivity contribution in [1.82, 2.24) is 14.7 Å². The average Bonchev–Trinajstić information content (AvgIpc) is 3.11. The molecule has 1 aromatic carbocycles. The van der Waals surface area contributed by atoms with Crippen LogP contribution >= 0.6 is 11.6 Å². The number of benzene rings is 1. The Hall–Kier alpha value is -2.08. The van der Waals surface area contributed by atoms with E-state index in [4.69, 9.17) is 11.6 Å². The van der Waals surface area contributed by atoms with Crippen molar-refractivity contribution in [3.05, 3.63) is 34.9 Å². The van der Waals surface area contributed by atoms with Gasteiger partial charge in [-0.1, -0.05) is 11.6 Å². The predicted octanol–water partition coefficient (Wildman–Crippen LogP) is 1.64. The van der Waals surface area contributed by atoms with E-state index in [0.717, 1.165) is 12.8 Å². The Morgan fingerprint density at radius 3 is 2.16 bits per heavy atom. The van der Waals surface area contributed by atoms with Gasteiger partial charge in [-0.3, -0.25) is 14.4 Å². The number of hydrogen-bond donors (Lipinski definition) is 0. The van der Waals surface area contributed by atoms with Gasteiger partial charge in [0.25, 0.3) is 5.91 Å². The number of hydrogen-bond acceptors (Lipinski definition) is 3. The monoisotopic (exact) mass is 363 g/mol. The second-order valence-corrected chi connectivity index (χ2v) is 6.93. The smallest absolute Gasteiger partial charge is 0.253 e. The van der Waals surface area contributed by atoms with Crippen LogP contribution in [-0.4, -0.2) is 71.2 Å². The van der Waals surface area contributed by atoms with Crippen molar-refractivity contribution < 1.29 is 14.4 Å².